The number of thiazole rings is 1. The molecule has 0 bridgehead atoms. The molecule has 1 N–H and O–H groups in total. The van der Waals surface area contributed by atoms with E-state index in [-0.39, 0.29) is 22.7 Å². The Bertz CT molecular complexity index is 565. The summed E-state index contributed by atoms with van der Waals surface area (Å²) in [6.07, 6.45) is 2.02. The van der Waals surface area contributed by atoms with Crippen LogP contribution in [0.1, 0.15) is 25.0 Å². The third kappa shape index (κ3) is 2.30. The smallest absolute Gasteiger partial charge is 0.304 e. The number of carbonyl (C=O) groups excluding carboxylic acids is 2. The lowest BCUT2D eigenvalue weighted by atomic mass is 10.2. The summed E-state index contributed by atoms with van der Waals surface area (Å²) in [5.74, 6) is 0.0764. The van der Waals surface area contributed by atoms with E-state index in [0.717, 1.165) is 29.9 Å². The number of nitrogens with zero attached hydrogens (tertiary/aromatic N) is 2. The monoisotopic (exact) mass is 281 g/mol. The minimum atomic E-state index is -0.291. The molecule has 0 saturated carbocycles. The Balaban J connectivity index is 1.80. The molecule has 1 unspecified atom stereocenters. The Morgan fingerprint density at radius 3 is 2.89 bits per heavy atom. The molecule has 1 aromatic heterocycles. The summed E-state index contributed by atoms with van der Waals surface area (Å²) in [4.78, 5) is 41.5. The lowest BCUT2D eigenvalue weighted by molar-refractivity contribution is -0.139. The predicted molar refractivity (Wildman–Crippen MR) is 69.7 cm³/mol. The molecule has 2 fully saturated rings. The van der Waals surface area contributed by atoms with Gasteiger partial charge in [0.1, 0.15) is 6.04 Å². The van der Waals surface area contributed by atoms with Crippen LogP contribution in [0, 0.1) is 0 Å². The van der Waals surface area contributed by atoms with Gasteiger partial charge in [0.25, 0.3) is 0 Å². The standard InChI is InChI=1S/C12H15N3O3S/c16-10-3-5-14(6-8-7-19-12(18)13-8)11(17)9-2-1-4-15(9)10/h7,9H,1-6H2,(H,13,18). The number of amides is 2. The van der Waals surface area contributed by atoms with Gasteiger partial charge >= 0.3 is 4.87 Å². The van der Waals surface area contributed by atoms with Gasteiger partial charge in [-0.2, -0.15) is 0 Å². The topological polar surface area (TPSA) is 73.5 Å². The van der Waals surface area contributed by atoms with Crippen LogP contribution < -0.4 is 4.87 Å². The van der Waals surface area contributed by atoms with Crippen LogP contribution in [0.5, 0.6) is 0 Å². The first kappa shape index (κ1) is 12.4. The molecule has 0 radical (unpaired) electrons. The van der Waals surface area contributed by atoms with Crippen molar-refractivity contribution in [1.82, 2.24) is 14.8 Å². The maximum atomic E-state index is 12.4. The average molecular weight is 281 g/mol. The molecule has 0 spiro atoms. The summed E-state index contributed by atoms with van der Waals surface area (Å²) < 4.78 is 0. The summed E-state index contributed by atoms with van der Waals surface area (Å²) in [6.45, 7) is 1.51. The number of rotatable bonds is 2. The van der Waals surface area contributed by atoms with E-state index in [1.807, 2.05) is 0 Å². The molecule has 102 valence electrons. The van der Waals surface area contributed by atoms with Gasteiger partial charge in [0.15, 0.2) is 0 Å². The van der Waals surface area contributed by atoms with Crippen LogP contribution in [-0.4, -0.2) is 45.7 Å². The SMILES string of the molecule is O=C1C2CCCN2C(=O)CCN1Cc1csc(=O)[nH]1. The highest BCUT2D eigenvalue weighted by Crippen LogP contribution is 2.24. The largest absolute Gasteiger partial charge is 0.335 e. The van der Waals surface area contributed by atoms with Gasteiger partial charge in [-0.25, -0.2) is 0 Å². The molecule has 1 atom stereocenters. The van der Waals surface area contributed by atoms with Crippen molar-refractivity contribution in [2.75, 3.05) is 13.1 Å². The fourth-order valence-electron chi connectivity index (χ4n) is 2.77. The molecule has 2 saturated heterocycles. The first-order chi connectivity index (χ1) is 9.15. The number of carbonyl (C=O) groups is 2. The fraction of sp³-hybridized carbons (Fsp3) is 0.583. The van der Waals surface area contributed by atoms with E-state index in [1.165, 1.54) is 0 Å². The van der Waals surface area contributed by atoms with Crippen LogP contribution in [0.15, 0.2) is 10.2 Å². The van der Waals surface area contributed by atoms with Gasteiger partial charge in [0, 0.05) is 30.6 Å². The zero-order chi connectivity index (χ0) is 13.4. The van der Waals surface area contributed by atoms with Crippen molar-refractivity contribution < 1.29 is 9.59 Å². The number of fused-ring (bicyclic) bond motifs is 1. The van der Waals surface area contributed by atoms with Crippen molar-refractivity contribution in [3.05, 3.63) is 20.7 Å². The highest BCUT2D eigenvalue weighted by atomic mass is 32.1. The summed E-state index contributed by atoms with van der Waals surface area (Å²) >= 11 is 1.09. The second kappa shape index (κ2) is 4.80. The molecule has 19 heavy (non-hydrogen) atoms. The zero-order valence-corrected chi connectivity index (χ0v) is 11.2. The average Bonchev–Trinajstić information content (AvgIpc) is 2.99. The number of hydrogen-bond acceptors (Lipinski definition) is 4. The van der Waals surface area contributed by atoms with E-state index < -0.39 is 0 Å². The number of aromatic amines is 1. The third-order valence-corrected chi connectivity index (χ3v) is 4.42. The van der Waals surface area contributed by atoms with Crippen molar-refractivity contribution in [3.8, 4) is 0 Å². The predicted octanol–water partition coefficient (Wildman–Crippen LogP) is 0.160. The molecule has 6 nitrogen and oxygen atoms in total. The summed E-state index contributed by atoms with van der Waals surface area (Å²) in [7, 11) is 0. The second-order valence-electron chi connectivity index (χ2n) is 4.93. The van der Waals surface area contributed by atoms with Crippen LogP contribution in [-0.2, 0) is 16.1 Å². The Hall–Kier alpha value is -1.63. The van der Waals surface area contributed by atoms with E-state index in [0.29, 0.717) is 26.1 Å². The molecule has 3 heterocycles. The van der Waals surface area contributed by atoms with Gasteiger partial charge in [-0.15, -0.1) is 0 Å². The molecule has 2 amide bonds. The van der Waals surface area contributed by atoms with Crippen LogP contribution in [0.25, 0.3) is 0 Å². The molecule has 0 aliphatic carbocycles. The number of H-pyrrole nitrogens is 1. The minimum absolute atomic E-state index is 0.00963. The molecule has 7 heteroatoms. The van der Waals surface area contributed by atoms with Crippen LogP contribution in [0.4, 0.5) is 0 Å². The summed E-state index contributed by atoms with van der Waals surface area (Å²) in [5, 5.41) is 1.73. The molecule has 2 aliphatic rings. The highest BCUT2D eigenvalue weighted by Gasteiger charge is 2.39. The van der Waals surface area contributed by atoms with Gasteiger partial charge in [-0.05, 0) is 12.8 Å². The highest BCUT2D eigenvalue weighted by molar-refractivity contribution is 7.07. The summed E-state index contributed by atoms with van der Waals surface area (Å²) in [6, 6.07) is -0.291. The van der Waals surface area contributed by atoms with Gasteiger partial charge in [-0.3, -0.25) is 14.4 Å². The van der Waals surface area contributed by atoms with Crippen molar-refractivity contribution in [1.29, 1.82) is 0 Å². The van der Waals surface area contributed by atoms with E-state index in [1.54, 1.807) is 15.2 Å². The Morgan fingerprint density at radius 1 is 1.32 bits per heavy atom. The van der Waals surface area contributed by atoms with Crippen molar-refractivity contribution in [2.24, 2.45) is 0 Å². The van der Waals surface area contributed by atoms with E-state index in [9.17, 15) is 14.4 Å². The quantitative estimate of drug-likeness (QED) is 0.839. The van der Waals surface area contributed by atoms with Gasteiger partial charge in [0.2, 0.25) is 11.8 Å². The van der Waals surface area contributed by atoms with Crippen molar-refractivity contribution in [3.63, 3.8) is 0 Å². The maximum absolute atomic E-state index is 12.4. The van der Waals surface area contributed by atoms with Crippen LogP contribution >= 0.6 is 11.3 Å². The van der Waals surface area contributed by atoms with Crippen LogP contribution in [0.2, 0.25) is 0 Å². The van der Waals surface area contributed by atoms with Gasteiger partial charge in [0.05, 0.1) is 6.54 Å². The molecular formula is C12H15N3O3S. The number of hydrogen-bond donors (Lipinski definition) is 1. The van der Waals surface area contributed by atoms with E-state index >= 15 is 0 Å². The zero-order valence-electron chi connectivity index (χ0n) is 10.4. The molecule has 0 aromatic carbocycles. The lowest BCUT2D eigenvalue weighted by Gasteiger charge is -2.24. The minimum Gasteiger partial charge on any atom is -0.335 e. The number of nitrogens with one attached hydrogen (secondary N) is 1. The molecule has 3 rings (SSSR count). The fourth-order valence-corrected chi connectivity index (χ4v) is 3.34. The van der Waals surface area contributed by atoms with Gasteiger partial charge in [-0.1, -0.05) is 11.3 Å². The normalized spacial score (nSPS) is 23.7. The lowest BCUT2D eigenvalue weighted by Crippen LogP contribution is -2.43. The Morgan fingerprint density at radius 2 is 2.16 bits per heavy atom. The Kier molecular flexibility index (Phi) is 3.14. The molecule has 2 aliphatic heterocycles. The van der Waals surface area contributed by atoms with E-state index in [2.05, 4.69) is 4.98 Å². The Labute approximate surface area is 114 Å². The second-order valence-corrected chi connectivity index (χ2v) is 5.77. The summed E-state index contributed by atoms with van der Waals surface area (Å²) in [5.41, 5.74) is 0.738. The van der Waals surface area contributed by atoms with E-state index in [4.69, 9.17) is 0 Å². The first-order valence-electron chi connectivity index (χ1n) is 6.40. The maximum Gasteiger partial charge on any atom is 0.304 e. The third-order valence-electron chi connectivity index (χ3n) is 3.70. The van der Waals surface area contributed by atoms with Crippen LogP contribution in [0.3, 0.4) is 0 Å². The molecule has 1 aromatic rings. The first-order valence-corrected chi connectivity index (χ1v) is 7.28. The molecular weight excluding hydrogens is 266 g/mol. The van der Waals surface area contributed by atoms with Crippen molar-refractivity contribution in [2.45, 2.75) is 31.8 Å². The van der Waals surface area contributed by atoms with Crippen molar-refractivity contribution >= 4 is 23.2 Å². The van der Waals surface area contributed by atoms with Gasteiger partial charge < -0.3 is 14.8 Å². The number of aromatic nitrogens is 1.